The van der Waals surface area contributed by atoms with E-state index in [1.54, 1.807) is 12.0 Å². The average Bonchev–Trinajstić information content (AvgIpc) is 2.92. The second kappa shape index (κ2) is 13.1. The van der Waals surface area contributed by atoms with Gasteiger partial charge in [0.1, 0.15) is 11.8 Å². The van der Waals surface area contributed by atoms with Crippen LogP contribution in [0.3, 0.4) is 0 Å². The number of methoxy groups -OCH3 is 1. The van der Waals surface area contributed by atoms with E-state index in [1.165, 1.54) is 6.42 Å². The number of carbonyl (C=O) groups is 2. The van der Waals surface area contributed by atoms with Gasteiger partial charge >= 0.3 is 0 Å². The van der Waals surface area contributed by atoms with Crippen LogP contribution in [0.15, 0.2) is 78.9 Å². The fourth-order valence-electron chi connectivity index (χ4n) is 5.16. The standard InChI is InChI=1S/C32H38N2O3/c1-24-11-9-14-26(19-24)22-31(35)34(23-27-15-10-18-29(20-27)37-2)30(21-25-12-5-3-6-13-25)32(36)33-28-16-7-4-8-17-28/h3,5-6,9-15,18-20,28,30H,4,7-8,16-17,21-23H2,1-2H3,(H,33,36). The van der Waals surface area contributed by atoms with E-state index in [4.69, 9.17) is 4.74 Å². The molecule has 1 aliphatic rings. The van der Waals surface area contributed by atoms with Gasteiger partial charge in [0, 0.05) is 19.0 Å². The highest BCUT2D eigenvalue weighted by atomic mass is 16.5. The molecule has 1 saturated carbocycles. The van der Waals surface area contributed by atoms with Crippen molar-refractivity contribution in [1.29, 1.82) is 0 Å². The minimum atomic E-state index is -0.618. The summed E-state index contributed by atoms with van der Waals surface area (Å²) in [5, 5.41) is 3.30. The van der Waals surface area contributed by atoms with Crippen LogP contribution >= 0.6 is 0 Å². The summed E-state index contributed by atoms with van der Waals surface area (Å²) in [5.41, 5.74) is 4.03. The Balaban J connectivity index is 1.66. The van der Waals surface area contributed by atoms with Gasteiger partial charge in [-0.1, -0.05) is 91.6 Å². The van der Waals surface area contributed by atoms with Crippen LogP contribution in [-0.4, -0.2) is 35.9 Å². The third-order valence-corrected chi connectivity index (χ3v) is 7.15. The lowest BCUT2D eigenvalue weighted by atomic mass is 9.94. The van der Waals surface area contributed by atoms with Gasteiger partial charge in [0.25, 0.3) is 0 Å². The summed E-state index contributed by atoms with van der Waals surface area (Å²) in [6, 6.07) is 25.3. The van der Waals surface area contributed by atoms with Crippen molar-refractivity contribution in [3.05, 3.63) is 101 Å². The number of ether oxygens (including phenoxy) is 1. The number of nitrogens with zero attached hydrogens (tertiary/aromatic N) is 1. The fourth-order valence-corrected chi connectivity index (χ4v) is 5.16. The first-order chi connectivity index (χ1) is 18.0. The molecule has 194 valence electrons. The van der Waals surface area contributed by atoms with Crippen molar-refractivity contribution in [1.82, 2.24) is 10.2 Å². The van der Waals surface area contributed by atoms with E-state index in [0.29, 0.717) is 13.0 Å². The van der Waals surface area contributed by atoms with Gasteiger partial charge < -0.3 is 15.0 Å². The predicted molar refractivity (Wildman–Crippen MR) is 147 cm³/mol. The zero-order chi connectivity index (χ0) is 26.0. The molecule has 3 aromatic rings. The summed E-state index contributed by atoms with van der Waals surface area (Å²) < 4.78 is 5.43. The number of amides is 2. The Bertz CT molecular complexity index is 1170. The topological polar surface area (TPSA) is 58.6 Å². The van der Waals surface area contributed by atoms with Crippen LogP contribution in [-0.2, 0) is 29.0 Å². The number of aryl methyl sites for hydroxylation is 1. The quantitative estimate of drug-likeness (QED) is 0.394. The van der Waals surface area contributed by atoms with E-state index in [1.807, 2.05) is 85.8 Å². The molecular weight excluding hydrogens is 460 g/mol. The third-order valence-electron chi connectivity index (χ3n) is 7.15. The smallest absolute Gasteiger partial charge is 0.243 e. The molecule has 0 aromatic heterocycles. The monoisotopic (exact) mass is 498 g/mol. The van der Waals surface area contributed by atoms with Crippen molar-refractivity contribution in [2.24, 2.45) is 0 Å². The van der Waals surface area contributed by atoms with Gasteiger partial charge in [-0.15, -0.1) is 0 Å². The van der Waals surface area contributed by atoms with Crippen molar-refractivity contribution in [2.75, 3.05) is 7.11 Å². The highest BCUT2D eigenvalue weighted by Crippen LogP contribution is 2.22. The number of benzene rings is 3. The van der Waals surface area contributed by atoms with E-state index in [9.17, 15) is 9.59 Å². The number of nitrogens with one attached hydrogen (secondary N) is 1. The minimum Gasteiger partial charge on any atom is -0.497 e. The molecule has 0 radical (unpaired) electrons. The molecule has 1 fully saturated rings. The van der Waals surface area contributed by atoms with Crippen LogP contribution in [0.1, 0.15) is 54.4 Å². The Morgan fingerprint density at radius 3 is 2.32 bits per heavy atom. The second-order valence-electron chi connectivity index (χ2n) is 10.1. The van der Waals surface area contributed by atoms with Crippen LogP contribution in [0, 0.1) is 6.92 Å². The number of hydrogen-bond donors (Lipinski definition) is 1. The SMILES string of the molecule is COc1cccc(CN(C(=O)Cc2cccc(C)c2)C(Cc2ccccc2)C(=O)NC2CCCCC2)c1. The van der Waals surface area contributed by atoms with Crippen molar-refractivity contribution >= 4 is 11.8 Å². The van der Waals surface area contributed by atoms with Gasteiger partial charge in [-0.05, 0) is 48.6 Å². The molecule has 4 rings (SSSR count). The normalized spacial score (nSPS) is 14.5. The lowest BCUT2D eigenvalue weighted by Gasteiger charge is -2.33. The Hall–Kier alpha value is -3.60. The van der Waals surface area contributed by atoms with E-state index in [-0.39, 0.29) is 24.3 Å². The summed E-state index contributed by atoms with van der Waals surface area (Å²) >= 11 is 0. The molecule has 37 heavy (non-hydrogen) atoms. The van der Waals surface area contributed by atoms with Crippen LogP contribution in [0.2, 0.25) is 0 Å². The zero-order valence-corrected chi connectivity index (χ0v) is 22.0. The highest BCUT2D eigenvalue weighted by molar-refractivity contribution is 5.89. The average molecular weight is 499 g/mol. The summed E-state index contributed by atoms with van der Waals surface area (Å²) in [6.07, 6.45) is 6.18. The molecule has 1 atom stereocenters. The Morgan fingerprint density at radius 2 is 1.59 bits per heavy atom. The summed E-state index contributed by atoms with van der Waals surface area (Å²) in [5.74, 6) is 0.597. The second-order valence-corrected chi connectivity index (χ2v) is 10.1. The molecule has 0 bridgehead atoms. The maximum atomic E-state index is 13.9. The fraction of sp³-hybridized carbons (Fsp3) is 0.375. The molecule has 3 aromatic carbocycles. The van der Waals surface area contributed by atoms with Gasteiger partial charge in [-0.3, -0.25) is 9.59 Å². The third kappa shape index (κ3) is 7.69. The number of carbonyl (C=O) groups excluding carboxylic acids is 2. The first-order valence-corrected chi connectivity index (χ1v) is 13.3. The maximum Gasteiger partial charge on any atom is 0.243 e. The molecule has 2 amide bonds. The Labute approximate surface area is 220 Å². The first kappa shape index (κ1) is 26.5. The van der Waals surface area contributed by atoms with Crippen LogP contribution < -0.4 is 10.1 Å². The summed E-state index contributed by atoms with van der Waals surface area (Å²) in [4.78, 5) is 29.5. The molecule has 0 heterocycles. The van der Waals surface area contributed by atoms with Gasteiger partial charge in [-0.2, -0.15) is 0 Å². The molecule has 5 nitrogen and oxygen atoms in total. The van der Waals surface area contributed by atoms with Crippen LogP contribution in [0.5, 0.6) is 5.75 Å². The van der Waals surface area contributed by atoms with Gasteiger partial charge in [-0.25, -0.2) is 0 Å². The van der Waals surface area contributed by atoms with Gasteiger partial charge in [0.15, 0.2) is 0 Å². The summed E-state index contributed by atoms with van der Waals surface area (Å²) in [7, 11) is 1.63. The molecule has 0 aliphatic heterocycles. The van der Waals surface area contributed by atoms with Crippen molar-refractivity contribution in [3.63, 3.8) is 0 Å². The zero-order valence-electron chi connectivity index (χ0n) is 22.0. The molecule has 0 saturated heterocycles. The van der Waals surface area contributed by atoms with Crippen LogP contribution in [0.4, 0.5) is 0 Å². The van der Waals surface area contributed by atoms with E-state index in [0.717, 1.165) is 53.7 Å². The molecule has 1 unspecified atom stereocenters. The largest absolute Gasteiger partial charge is 0.497 e. The lowest BCUT2D eigenvalue weighted by Crippen LogP contribution is -2.53. The first-order valence-electron chi connectivity index (χ1n) is 13.3. The Kier molecular flexibility index (Phi) is 9.36. The lowest BCUT2D eigenvalue weighted by molar-refractivity contribution is -0.141. The van der Waals surface area contributed by atoms with E-state index >= 15 is 0 Å². The molecule has 1 aliphatic carbocycles. The number of rotatable bonds is 10. The minimum absolute atomic E-state index is 0.0619. The molecule has 5 heteroatoms. The van der Waals surface area contributed by atoms with E-state index < -0.39 is 6.04 Å². The molecule has 0 spiro atoms. The maximum absolute atomic E-state index is 13.9. The predicted octanol–water partition coefficient (Wildman–Crippen LogP) is 5.64. The van der Waals surface area contributed by atoms with Gasteiger partial charge in [0.2, 0.25) is 11.8 Å². The molecular formula is C32H38N2O3. The van der Waals surface area contributed by atoms with Crippen LogP contribution in [0.25, 0.3) is 0 Å². The summed E-state index contributed by atoms with van der Waals surface area (Å²) in [6.45, 7) is 2.36. The van der Waals surface area contributed by atoms with Gasteiger partial charge in [0.05, 0.1) is 13.5 Å². The molecule has 1 N–H and O–H groups in total. The highest BCUT2D eigenvalue weighted by Gasteiger charge is 2.32. The number of hydrogen-bond acceptors (Lipinski definition) is 3. The van der Waals surface area contributed by atoms with Crippen molar-refractivity contribution in [2.45, 2.75) is 70.5 Å². The van der Waals surface area contributed by atoms with Crippen molar-refractivity contribution in [3.8, 4) is 5.75 Å². The Morgan fingerprint density at radius 1 is 0.892 bits per heavy atom. The van der Waals surface area contributed by atoms with E-state index in [2.05, 4.69) is 5.32 Å². The van der Waals surface area contributed by atoms with Crippen molar-refractivity contribution < 1.29 is 14.3 Å².